The molecule has 0 aliphatic carbocycles. The number of piperidine rings is 3. The van der Waals surface area contributed by atoms with Gasteiger partial charge >= 0.3 is 0 Å². The summed E-state index contributed by atoms with van der Waals surface area (Å²) >= 11 is 0. The largest absolute Gasteiger partial charge is 0.487 e. The molecular formula is C15H20N2O. The Kier molecular flexibility index (Phi) is 2.31. The Morgan fingerprint density at radius 1 is 1.28 bits per heavy atom. The zero-order valence-corrected chi connectivity index (χ0v) is 10.9. The number of allylic oxidation sites excluding steroid dienone is 1. The van der Waals surface area contributed by atoms with Crippen LogP contribution in [-0.2, 0) is 4.74 Å². The minimum atomic E-state index is 0.655. The van der Waals surface area contributed by atoms with Gasteiger partial charge in [0.15, 0.2) is 0 Å². The Labute approximate surface area is 108 Å². The normalized spacial score (nSPS) is 37.7. The molecule has 2 bridgehead atoms. The maximum absolute atomic E-state index is 5.75. The highest BCUT2D eigenvalue weighted by Crippen LogP contribution is 2.35. The quantitative estimate of drug-likeness (QED) is 0.702. The fourth-order valence-corrected chi connectivity index (χ4v) is 3.70. The first-order valence-corrected chi connectivity index (χ1v) is 7.04. The second-order valence-electron chi connectivity index (χ2n) is 5.94. The van der Waals surface area contributed by atoms with E-state index >= 15 is 0 Å². The van der Waals surface area contributed by atoms with Crippen LogP contribution < -0.4 is 0 Å². The van der Waals surface area contributed by atoms with Gasteiger partial charge in [0.2, 0.25) is 0 Å². The number of nitrogens with zero attached hydrogens (tertiary/aromatic N) is 2. The monoisotopic (exact) mass is 244 g/mol. The van der Waals surface area contributed by atoms with E-state index in [0.717, 1.165) is 18.3 Å². The van der Waals surface area contributed by atoms with Gasteiger partial charge < -0.3 is 14.5 Å². The lowest BCUT2D eigenvalue weighted by atomic mass is 9.83. The Morgan fingerprint density at radius 3 is 2.83 bits per heavy atom. The molecule has 3 saturated heterocycles. The SMILES string of the molecule is CC1=C2C=CN([C@H]3CN4CCC3CC4)C=C2OC1. The van der Waals surface area contributed by atoms with Crippen molar-refractivity contribution in [3.05, 3.63) is 35.4 Å². The van der Waals surface area contributed by atoms with Crippen LogP contribution in [0.5, 0.6) is 0 Å². The summed E-state index contributed by atoms with van der Waals surface area (Å²) < 4.78 is 5.75. The van der Waals surface area contributed by atoms with Crippen LogP contribution in [0, 0.1) is 5.92 Å². The third-order valence-corrected chi connectivity index (χ3v) is 4.85. The van der Waals surface area contributed by atoms with Crippen LogP contribution in [0.1, 0.15) is 19.8 Å². The van der Waals surface area contributed by atoms with Crippen molar-refractivity contribution >= 4 is 0 Å². The molecule has 18 heavy (non-hydrogen) atoms. The highest BCUT2D eigenvalue weighted by atomic mass is 16.5. The summed E-state index contributed by atoms with van der Waals surface area (Å²) in [6, 6.07) is 0.655. The van der Waals surface area contributed by atoms with Crippen molar-refractivity contribution in [1.29, 1.82) is 0 Å². The lowest BCUT2D eigenvalue weighted by Gasteiger charge is -2.48. The van der Waals surface area contributed by atoms with Crippen LogP contribution in [0.25, 0.3) is 0 Å². The van der Waals surface area contributed by atoms with E-state index in [4.69, 9.17) is 4.74 Å². The summed E-state index contributed by atoms with van der Waals surface area (Å²) in [4.78, 5) is 5.00. The molecule has 3 fully saturated rings. The molecule has 1 atom stereocenters. The average Bonchev–Trinajstić information content (AvgIpc) is 2.81. The van der Waals surface area contributed by atoms with Crippen molar-refractivity contribution in [3.8, 4) is 0 Å². The van der Waals surface area contributed by atoms with E-state index in [9.17, 15) is 0 Å². The Hall–Kier alpha value is -1.22. The molecule has 0 N–H and O–H groups in total. The molecule has 5 rings (SSSR count). The predicted octanol–water partition coefficient (Wildman–Crippen LogP) is 2.10. The highest BCUT2D eigenvalue weighted by molar-refractivity contribution is 5.45. The minimum Gasteiger partial charge on any atom is -0.487 e. The van der Waals surface area contributed by atoms with Crippen LogP contribution >= 0.6 is 0 Å². The van der Waals surface area contributed by atoms with Gasteiger partial charge in [-0.05, 0) is 50.4 Å². The topological polar surface area (TPSA) is 15.7 Å². The first-order chi connectivity index (χ1) is 8.81. The molecule has 0 unspecified atom stereocenters. The molecule has 0 aromatic rings. The summed E-state index contributed by atoms with van der Waals surface area (Å²) in [5.74, 6) is 1.94. The van der Waals surface area contributed by atoms with Gasteiger partial charge in [-0.25, -0.2) is 0 Å². The summed E-state index contributed by atoms with van der Waals surface area (Å²) in [5, 5.41) is 0. The molecule has 5 heterocycles. The van der Waals surface area contributed by atoms with Gasteiger partial charge in [-0.3, -0.25) is 0 Å². The summed E-state index contributed by atoms with van der Waals surface area (Å²) in [5.41, 5.74) is 2.65. The molecule has 5 aliphatic rings. The molecule has 0 radical (unpaired) electrons. The van der Waals surface area contributed by atoms with Crippen LogP contribution in [0.3, 0.4) is 0 Å². The minimum absolute atomic E-state index is 0.655. The summed E-state index contributed by atoms with van der Waals surface area (Å²) in [6.45, 7) is 6.74. The van der Waals surface area contributed by atoms with E-state index in [0.29, 0.717) is 6.04 Å². The smallest absolute Gasteiger partial charge is 0.143 e. The Morgan fingerprint density at radius 2 is 2.11 bits per heavy atom. The summed E-state index contributed by atoms with van der Waals surface area (Å²) in [6.07, 6.45) is 9.43. The number of fused-ring (bicyclic) bond motifs is 4. The number of rotatable bonds is 1. The van der Waals surface area contributed by atoms with Crippen molar-refractivity contribution in [1.82, 2.24) is 9.80 Å². The van der Waals surface area contributed by atoms with Crippen molar-refractivity contribution in [2.75, 3.05) is 26.2 Å². The maximum atomic E-state index is 5.75. The average molecular weight is 244 g/mol. The van der Waals surface area contributed by atoms with Crippen molar-refractivity contribution < 1.29 is 4.74 Å². The van der Waals surface area contributed by atoms with Crippen LogP contribution in [0.15, 0.2) is 35.4 Å². The lowest BCUT2D eigenvalue weighted by molar-refractivity contribution is 0.0399. The Balaban J connectivity index is 1.59. The van der Waals surface area contributed by atoms with Gasteiger partial charge in [-0.1, -0.05) is 0 Å². The van der Waals surface area contributed by atoms with E-state index in [2.05, 4.69) is 35.2 Å². The molecule has 0 amide bonds. The first kappa shape index (κ1) is 10.7. The summed E-state index contributed by atoms with van der Waals surface area (Å²) in [7, 11) is 0. The number of ether oxygens (including phenoxy) is 1. The third-order valence-electron chi connectivity index (χ3n) is 4.85. The molecule has 0 aromatic carbocycles. The first-order valence-electron chi connectivity index (χ1n) is 7.04. The third kappa shape index (κ3) is 1.53. The van der Waals surface area contributed by atoms with E-state index < -0.39 is 0 Å². The molecule has 0 saturated carbocycles. The van der Waals surface area contributed by atoms with E-state index in [-0.39, 0.29) is 0 Å². The second-order valence-corrected chi connectivity index (χ2v) is 5.94. The van der Waals surface area contributed by atoms with Gasteiger partial charge in [-0.15, -0.1) is 0 Å². The molecule has 5 aliphatic heterocycles. The molecule has 0 spiro atoms. The van der Waals surface area contributed by atoms with E-state index in [1.807, 2.05) is 0 Å². The molecule has 96 valence electrons. The van der Waals surface area contributed by atoms with Gasteiger partial charge in [0, 0.05) is 30.6 Å². The van der Waals surface area contributed by atoms with Gasteiger partial charge in [0.25, 0.3) is 0 Å². The van der Waals surface area contributed by atoms with E-state index in [1.165, 1.54) is 43.6 Å². The van der Waals surface area contributed by atoms with Crippen molar-refractivity contribution in [2.45, 2.75) is 25.8 Å². The molecule has 0 aromatic heterocycles. The number of hydrogen-bond acceptors (Lipinski definition) is 3. The zero-order chi connectivity index (χ0) is 12.1. The fourth-order valence-electron chi connectivity index (χ4n) is 3.70. The molecule has 3 heteroatoms. The van der Waals surface area contributed by atoms with Crippen molar-refractivity contribution in [3.63, 3.8) is 0 Å². The fraction of sp³-hybridized carbons (Fsp3) is 0.600. The van der Waals surface area contributed by atoms with Gasteiger partial charge in [-0.2, -0.15) is 0 Å². The van der Waals surface area contributed by atoms with Gasteiger partial charge in [0.1, 0.15) is 12.4 Å². The van der Waals surface area contributed by atoms with Crippen LogP contribution in [0.4, 0.5) is 0 Å². The van der Waals surface area contributed by atoms with E-state index in [1.54, 1.807) is 0 Å². The standard InChI is InChI=1S/C15H20N2O/c1-11-10-18-15-9-17(7-4-13(11)15)14-8-16-5-2-12(14)3-6-16/h4,7,9,12,14H,2-3,5-6,8,10H2,1H3/t14-/m0/s1. The second kappa shape index (κ2) is 3.89. The Bertz CT molecular complexity index is 455. The zero-order valence-electron chi connectivity index (χ0n) is 10.9. The highest BCUT2D eigenvalue weighted by Gasteiger charge is 2.37. The predicted molar refractivity (Wildman–Crippen MR) is 70.7 cm³/mol. The van der Waals surface area contributed by atoms with Crippen molar-refractivity contribution in [2.24, 2.45) is 5.92 Å². The number of hydrogen-bond donors (Lipinski definition) is 0. The lowest BCUT2D eigenvalue weighted by Crippen LogP contribution is -2.55. The molecular weight excluding hydrogens is 224 g/mol. The molecule has 3 nitrogen and oxygen atoms in total. The maximum Gasteiger partial charge on any atom is 0.143 e. The van der Waals surface area contributed by atoms with Crippen LogP contribution in [-0.4, -0.2) is 42.1 Å². The van der Waals surface area contributed by atoms with Gasteiger partial charge in [0.05, 0.1) is 0 Å². The van der Waals surface area contributed by atoms with Crippen LogP contribution in [0.2, 0.25) is 0 Å².